The summed E-state index contributed by atoms with van der Waals surface area (Å²) in [6, 6.07) is 46.8. The van der Waals surface area contributed by atoms with Gasteiger partial charge in [-0.15, -0.1) is 0 Å². The van der Waals surface area contributed by atoms with Crippen LogP contribution < -0.4 is 21.2 Å². The van der Waals surface area contributed by atoms with Gasteiger partial charge in [0.05, 0.1) is 0 Å². The minimum Gasteiger partial charge on any atom is -0.0622 e. The SMILES string of the molecule is c1ccc(P2CCCCCCCCCP(c3ccccc3)P(c3ccccc3)P2c2ccccc2)cc1. The molecule has 4 atom stereocenters. The highest BCUT2D eigenvalue weighted by atomic mass is 32.7. The maximum Gasteiger partial charge on any atom is -0.0111 e. The monoisotopic (exact) mass is 558 g/mol. The lowest BCUT2D eigenvalue weighted by Gasteiger charge is -2.40. The fourth-order valence-corrected chi connectivity index (χ4v) is 34.9. The number of hydrogen-bond acceptors (Lipinski definition) is 0. The van der Waals surface area contributed by atoms with Crippen molar-refractivity contribution >= 4 is 51.0 Å². The van der Waals surface area contributed by atoms with Gasteiger partial charge in [-0.3, -0.25) is 0 Å². The topological polar surface area (TPSA) is 0 Å². The van der Waals surface area contributed by atoms with Gasteiger partial charge >= 0.3 is 0 Å². The first-order valence-corrected chi connectivity index (χ1v) is 21.6. The molecule has 0 spiro atoms. The van der Waals surface area contributed by atoms with Crippen molar-refractivity contribution in [1.29, 1.82) is 0 Å². The predicted octanol–water partition coefficient (Wildman–Crippen LogP) is 9.71. The number of benzene rings is 4. The molecule has 0 radical (unpaired) electrons. The summed E-state index contributed by atoms with van der Waals surface area (Å²) in [5, 5.41) is 6.49. The summed E-state index contributed by atoms with van der Waals surface area (Å²) in [6.07, 6.45) is 12.5. The Kier molecular flexibility index (Phi) is 10.8. The van der Waals surface area contributed by atoms with Crippen LogP contribution in [0, 0.1) is 0 Å². The molecule has 1 aliphatic heterocycles. The fraction of sp³-hybridized carbons (Fsp3) is 0.273. The van der Waals surface area contributed by atoms with Crippen LogP contribution in [-0.2, 0) is 0 Å². The normalized spacial score (nSPS) is 23.8. The van der Waals surface area contributed by atoms with E-state index in [0.717, 1.165) is 0 Å². The van der Waals surface area contributed by atoms with Gasteiger partial charge in [0, 0.05) is 0 Å². The first-order valence-electron chi connectivity index (χ1n) is 13.8. The van der Waals surface area contributed by atoms with Gasteiger partial charge in [0.2, 0.25) is 0 Å². The van der Waals surface area contributed by atoms with E-state index in [-0.39, 0.29) is 29.8 Å². The van der Waals surface area contributed by atoms with Crippen molar-refractivity contribution in [2.75, 3.05) is 12.3 Å². The lowest BCUT2D eigenvalue weighted by molar-refractivity contribution is 0.605. The minimum absolute atomic E-state index is 0.278. The number of rotatable bonds is 4. The molecule has 4 heteroatoms. The first-order chi connectivity index (χ1) is 18.4. The van der Waals surface area contributed by atoms with Crippen LogP contribution in [-0.4, -0.2) is 12.3 Å². The van der Waals surface area contributed by atoms with Gasteiger partial charge in [0.15, 0.2) is 0 Å². The van der Waals surface area contributed by atoms with E-state index in [1.165, 1.54) is 57.3 Å². The molecular weight excluding hydrogens is 520 g/mol. The molecule has 4 unspecified atom stereocenters. The summed E-state index contributed by atoms with van der Waals surface area (Å²) >= 11 is 0. The van der Waals surface area contributed by atoms with E-state index in [2.05, 4.69) is 121 Å². The Bertz CT molecular complexity index is 1070. The molecule has 0 saturated carbocycles. The van der Waals surface area contributed by atoms with Gasteiger partial charge < -0.3 is 0 Å². The molecule has 0 N–H and O–H groups in total. The predicted molar refractivity (Wildman–Crippen MR) is 174 cm³/mol. The molecule has 37 heavy (non-hydrogen) atoms. The summed E-state index contributed by atoms with van der Waals surface area (Å²) in [6.45, 7) is 0. The lowest BCUT2D eigenvalue weighted by atomic mass is 10.1. The zero-order chi connectivity index (χ0) is 25.1. The standard InChI is InChI=1S/C33H38P4/c1-2-4-18-28-34(30-20-10-6-11-21-30)36(32-24-14-8-15-25-32)37(33-26-16-9-17-27-33)35(29-19-5-3-1)31-22-12-7-13-23-31/h6-17,20-27H,1-5,18-19,28-29H2. The van der Waals surface area contributed by atoms with Crippen molar-refractivity contribution in [3.8, 4) is 0 Å². The van der Waals surface area contributed by atoms with Crippen LogP contribution in [0.2, 0.25) is 0 Å². The third-order valence-corrected chi connectivity index (χ3v) is 30.6. The van der Waals surface area contributed by atoms with Crippen molar-refractivity contribution in [1.82, 2.24) is 0 Å². The van der Waals surface area contributed by atoms with Crippen molar-refractivity contribution in [2.45, 2.75) is 44.9 Å². The van der Waals surface area contributed by atoms with Gasteiger partial charge in [-0.2, -0.15) is 0 Å². The zero-order valence-electron chi connectivity index (χ0n) is 21.7. The Labute approximate surface area is 229 Å². The molecule has 0 nitrogen and oxygen atoms in total. The van der Waals surface area contributed by atoms with Crippen LogP contribution in [0.5, 0.6) is 0 Å². The zero-order valence-corrected chi connectivity index (χ0v) is 25.3. The second kappa shape index (κ2) is 14.7. The quantitative estimate of drug-likeness (QED) is 0.219. The number of hydrogen-bond donors (Lipinski definition) is 0. The van der Waals surface area contributed by atoms with Crippen molar-refractivity contribution in [3.05, 3.63) is 121 Å². The molecule has 1 fully saturated rings. The van der Waals surface area contributed by atoms with Crippen molar-refractivity contribution in [3.63, 3.8) is 0 Å². The molecule has 1 aliphatic rings. The largest absolute Gasteiger partial charge is 0.0622 e. The molecule has 5 rings (SSSR count). The summed E-state index contributed by atoms with van der Waals surface area (Å²) < 4.78 is 0. The van der Waals surface area contributed by atoms with E-state index in [0.29, 0.717) is 0 Å². The molecule has 1 heterocycles. The van der Waals surface area contributed by atoms with E-state index in [9.17, 15) is 0 Å². The van der Waals surface area contributed by atoms with Crippen LogP contribution in [0.25, 0.3) is 0 Å². The van der Waals surface area contributed by atoms with E-state index in [1.54, 1.807) is 21.2 Å². The Hall–Kier alpha value is -1.40. The molecule has 190 valence electrons. The summed E-state index contributed by atoms with van der Waals surface area (Å²) in [5.41, 5.74) is 0. The highest BCUT2D eigenvalue weighted by molar-refractivity contribution is 8.81. The molecule has 0 aromatic heterocycles. The molecular formula is C33H38P4. The Balaban J connectivity index is 1.71. The van der Waals surface area contributed by atoms with Crippen LogP contribution in [0.1, 0.15) is 44.9 Å². The van der Waals surface area contributed by atoms with Crippen LogP contribution in [0.15, 0.2) is 121 Å². The van der Waals surface area contributed by atoms with Gasteiger partial charge in [0.1, 0.15) is 0 Å². The summed E-state index contributed by atoms with van der Waals surface area (Å²) in [7, 11) is -1.26. The second-order valence-corrected chi connectivity index (χ2v) is 24.9. The summed E-state index contributed by atoms with van der Waals surface area (Å²) in [4.78, 5) is 0. The fourth-order valence-electron chi connectivity index (χ4n) is 5.10. The smallest absolute Gasteiger partial charge is 0.0111 e. The van der Waals surface area contributed by atoms with E-state index in [1.807, 2.05) is 0 Å². The third-order valence-electron chi connectivity index (χ3n) is 6.96. The van der Waals surface area contributed by atoms with Crippen LogP contribution >= 0.6 is 29.8 Å². The van der Waals surface area contributed by atoms with Crippen molar-refractivity contribution in [2.24, 2.45) is 0 Å². The highest BCUT2D eigenvalue weighted by Crippen LogP contribution is 2.94. The second-order valence-electron chi connectivity index (χ2n) is 9.64. The van der Waals surface area contributed by atoms with Crippen LogP contribution in [0.4, 0.5) is 0 Å². The molecule has 4 aromatic carbocycles. The average Bonchev–Trinajstić information content (AvgIpc) is 2.99. The Morgan fingerprint density at radius 3 is 0.892 bits per heavy atom. The van der Waals surface area contributed by atoms with Crippen molar-refractivity contribution < 1.29 is 0 Å². The average molecular weight is 559 g/mol. The van der Waals surface area contributed by atoms with E-state index < -0.39 is 0 Å². The molecule has 0 bridgehead atoms. The Morgan fingerprint density at radius 2 is 0.568 bits per heavy atom. The van der Waals surface area contributed by atoms with Gasteiger partial charge in [-0.25, -0.2) is 0 Å². The maximum atomic E-state index is 2.47. The van der Waals surface area contributed by atoms with Gasteiger partial charge in [0.25, 0.3) is 0 Å². The van der Waals surface area contributed by atoms with Gasteiger partial charge in [-0.1, -0.05) is 153 Å². The van der Waals surface area contributed by atoms with Gasteiger partial charge in [-0.05, 0) is 76.2 Å². The molecule has 4 aromatic rings. The maximum absolute atomic E-state index is 2.47. The van der Waals surface area contributed by atoms with E-state index in [4.69, 9.17) is 0 Å². The molecule has 0 aliphatic carbocycles. The molecule has 1 saturated heterocycles. The molecule has 0 amide bonds. The highest BCUT2D eigenvalue weighted by Gasteiger charge is 2.37. The van der Waals surface area contributed by atoms with Crippen LogP contribution in [0.3, 0.4) is 0 Å². The third kappa shape index (κ3) is 7.38. The minimum atomic E-state index is -0.353. The van der Waals surface area contributed by atoms with E-state index >= 15 is 0 Å². The lowest BCUT2D eigenvalue weighted by Crippen LogP contribution is -2.14. The first kappa shape index (κ1) is 27.2. The summed E-state index contributed by atoms with van der Waals surface area (Å²) in [5.74, 6) is 0. The Morgan fingerprint density at radius 1 is 0.297 bits per heavy atom.